The maximum Gasteiger partial charge on any atom is 0.137 e. The first kappa shape index (κ1) is 16.6. The number of halogens is 3. The quantitative estimate of drug-likeness (QED) is 0.715. The topological polar surface area (TPSA) is 24.9 Å². The number of hydrogen-bond acceptors (Lipinski definition) is 2. The molecule has 1 aromatic carbocycles. The zero-order valence-electron chi connectivity index (χ0n) is 11.7. The molecular formula is C16H17Br2FN2. The van der Waals surface area contributed by atoms with Crippen LogP contribution in [0.25, 0.3) is 0 Å². The maximum atomic E-state index is 13.7. The Bertz CT molecular complexity index is 605. The Morgan fingerprint density at radius 3 is 2.81 bits per heavy atom. The van der Waals surface area contributed by atoms with Crippen molar-refractivity contribution in [3.8, 4) is 0 Å². The lowest BCUT2D eigenvalue weighted by Crippen LogP contribution is -2.24. The number of nitrogens with one attached hydrogen (secondary N) is 1. The van der Waals surface area contributed by atoms with Gasteiger partial charge in [0.1, 0.15) is 5.82 Å². The van der Waals surface area contributed by atoms with Gasteiger partial charge >= 0.3 is 0 Å². The van der Waals surface area contributed by atoms with E-state index in [2.05, 4.69) is 49.1 Å². The van der Waals surface area contributed by atoms with E-state index in [1.165, 1.54) is 6.07 Å². The number of rotatable bonds is 6. The van der Waals surface area contributed by atoms with Crippen molar-refractivity contribution in [3.63, 3.8) is 0 Å². The summed E-state index contributed by atoms with van der Waals surface area (Å²) in [6, 6.07) is 7.30. The van der Waals surface area contributed by atoms with Gasteiger partial charge in [0.05, 0.1) is 4.47 Å². The number of aromatic nitrogens is 1. The van der Waals surface area contributed by atoms with E-state index in [0.717, 1.165) is 28.6 Å². The van der Waals surface area contributed by atoms with Gasteiger partial charge in [-0.15, -0.1) is 0 Å². The molecule has 0 fully saturated rings. The number of hydrogen-bond donors (Lipinski definition) is 1. The number of nitrogens with zero attached hydrogens (tertiary/aromatic N) is 1. The Balaban J connectivity index is 2.26. The first-order valence-electron chi connectivity index (χ1n) is 6.88. The minimum absolute atomic E-state index is 0.105. The predicted molar refractivity (Wildman–Crippen MR) is 90.8 cm³/mol. The Kier molecular flexibility index (Phi) is 6.33. The Labute approximate surface area is 141 Å². The van der Waals surface area contributed by atoms with Gasteiger partial charge in [-0.3, -0.25) is 4.98 Å². The van der Waals surface area contributed by atoms with E-state index in [1.54, 1.807) is 12.3 Å². The standard InChI is InChI=1S/C16H17Br2FN2/c1-2-6-21-15(12-7-13(17)10-20-9-12)8-11-4-3-5-14(19)16(11)18/h3-5,7,9-10,15,21H,2,6,8H2,1H3. The van der Waals surface area contributed by atoms with Gasteiger partial charge in [-0.05, 0) is 74.5 Å². The van der Waals surface area contributed by atoms with Crippen LogP contribution in [0.5, 0.6) is 0 Å². The average Bonchev–Trinajstić information content (AvgIpc) is 2.47. The summed E-state index contributed by atoms with van der Waals surface area (Å²) in [5, 5.41) is 3.50. The van der Waals surface area contributed by atoms with Crippen LogP contribution in [0.15, 0.2) is 45.6 Å². The molecule has 0 amide bonds. The van der Waals surface area contributed by atoms with Crippen LogP contribution in [0.2, 0.25) is 0 Å². The zero-order valence-corrected chi connectivity index (χ0v) is 14.9. The second-order valence-electron chi connectivity index (χ2n) is 4.86. The normalized spacial score (nSPS) is 12.4. The van der Waals surface area contributed by atoms with Gasteiger partial charge in [0.25, 0.3) is 0 Å². The van der Waals surface area contributed by atoms with Gasteiger partial charge in [0.2, 0.25) is 0 Å². The molecule has 1 heterocycles. The summed E-state index contributed by atoms with van der Waals surface area (Å²) >= 11 is 6.79. The third-order valence-corrected chi connectivity index (χ3v) is 4.55. The van der Waals surface area contributed by atoms with Crippen molar-refractivity contribution >= 4 is 31.9 Å². The fraction of sp³-hybridized carbons (Fsp3) is 0.312. The molecule has 2 rings (SSSR count). The van der Waals surface area contributed by atoms with E-state index in [-0.39, 0.29) is 11.9 Å². The van der Waals surface area contributed by atoms with Crippen LogP contribution >= 0.6 is 31.9 Å². The maximum absolute atomic E-state index is 13.7. The second-order valence-corrected chi connectivity index (χ2v) is 6.57. The summed E-state index contributed by atoms with van der Waals surface area (Å²) in [7, 11) is 0. The largest absolute Gasteiger partial charge is 0.310 e. The van der Waals surface area contributed by atoms with E-state index in [9.17, 15) is 4.39 Å². The number of benzene rings is 1. The van der Waals surface area contributed by atoms with Gasteiger partial charge in [0.15, 0.2) is 0 Å². The van der Waals surface area contributed by atoms with Crippen LogP contribution in [0.1, 0.15) is 30.5 Å². The summed E-state index contributed by atoms with van der Waals surface area (Å²) in [4.78, 5) is 4.22. The van der Waals surface area contributed by atoms with Gasteiger partial charge in [-0.25, -0.2) is 4.39 Å². The number of pyridine rings is 1. The van der Waals surface area contributed by atoms with E-state index in [0.29, 0.717) is 10.9 Å². The highest BCUT2D eigenvalue weighted by molar-refractivity contribution is 9.10. The molecule has 0 aliphatic rings. The first-order chi connectivity index (χ1) is 10.1. The van der Waals surface area contributed by atoms with Crippen LogP contribution in [-0.4, -0.2) is 11.5 Å². The average molecular weight is 416 g/mol. The highest BCUT2D eigenvalue weighted by Gasteiger charge is 2.15. The fourth-order valence-electron chi connectivity index (χ4n) is 2.17. The lowest BCUT2D eigenvalue weighted by molar-refractivity contribution is 0.524. The minimum atomic E-state index is -0.228. The smallest absolute Gasteiger partial charge is 0.137 e. The van der Waals surface area contributed by atoms with Gasteiger partial charge in [-0.1, -0.05) is 19.1 Å². The lowest BCUT2D eigenvalue weighted by atomic mass is 10.00. The molecule has 21 heavy (non-hydrogen) atoms. The molecule has 112 valence electrons. The Morgan fingerprint density at radius 1 is 1.29 bits per heavy atom. The van der Waals surface area contributed by atoms with Crippen LogP contribution in [-0.2, 0) is 6.42 Å². The molecule has 5 heteroatoms. The lowest BCUT2D eigenvalue weighted by Gasteiger charge is -2.20. The summed E-state index contributed by atoms with van der Waals surface area (Å²) < 4.78 is 15.1. The van der Waals surface area contributed by atoms with E-state index in [1.807, 2.05) is 18.3 Å². The van der Waals surface area contributed by atoms with Crippen molar-refractivity contribution in [1.82, 2.24) is 10.3 Å². The molecule has 2 nitrogen and oxygen atoms in total. The SMILES string of the molecule is CCCNC(Cc1cccc(F)c1Br)c1cncc(Br)c1. The van der Waals surface area contributed by atoms with Crippen molar-refractivity contribution in [3.05, 3.63) is 62.5 Å². The Hall–Kier alpha value is -0.780. The van der Waals surface area contributed by atoms with Crippen molar-refractivity contribution in [1.29, 1.82) is 0 Å². The van der Waals surface area contributed by atoms with Gasteiger partial charge < -0.3 is 5.32 Å². The molecule has 1 aromatic heterocycles. The fourth-order valence-corrected chi connectivity index (χ4v) is 2.98. The van der Waals surface area contributed by atoms with Crippen molar-refractivity contribution < 1.29 is 4.39 Å². The second kappa shape index (κ2) is 8.01. The molecule has 0 aliphatic carbocycles. The van der Waals surface area contributed by atoms with E-state index < -0.39 is 0 Å². The van der Waals surface area contributed by atoms with Crippen molar-refractivity contribution in [2.45, 2.75) is 25.8 Å². The molecule has 1 N–H and O–H groups in total. The van der Waals surface area contributed by atoms with Crippen LogP contribution in [0.4, 0.5) is 4.39 Å². The summed E-state index contributed by atoms with van der Waals surface area (Å²) in [6.45, 7) is 3.03. The molecule has 2 aromatic rings. The summed E-state index contributed by atoms with van der Waals surface area (Å²) in [6.07, 6.45) is 5.36. The van der Waals surface area contributed by atoms with Crippen molar-refractivity contribution in [2.24, 2.45) is 0 Å². The molecule has 1 atom stereocenters. The molecule has 0 spiro atoms. The van der Waals surface area contributed by atoms with Crippen LogP contribution in [0, 0.1) is 5.82 Å². The third-order valence-electron chi connectivity index (χ3n) is 3.22. The monoisotopic (exact) mass is 414 g/mol. The zero-order chi connectivity index (χ0) is 15.2. The predicted octanol–water partition coefficient (Wildman–Crippen LogP) is 5.03. The highest BCUT2D eigenvalue weighted by Crippen LogP contribution is 2.26. The highest BCUT2D eigenvalue weighted by atomic mass is 79.9. The van der Waals surface area contributed by atoms with E-state index in [4.69, 9.17) is 0 Å². The molecule has 0 aliphatic heterocycles. The van der Waals surface area contributed by atoms with Gasteiger partial charge in [0, 0.05) is 22.9 Å². The minimum Gasteiger partial charge on any atom is -0.310 e. The molecule has 0 radical (unpaired) electrons. The molecule has 0 saturated carbocycles. The summed E-state index contributed by atoms with van der Waals surface area (Å²) in [5.41, 5.74) is 2.04. The third kappa shape index (κ3) is 4.59. The molecular weight excluding hydrogens is 399 g/mol. The molecule has 0 saturated heterocycles. The molecule has 0 bridgehead atoms. The molecule has 1 unspecified atom stereocenters. The van der Waals surface area contributed by atoms with Crippen LogP contribution in [0.3, 0.4) is 0 Å². The van der Waals surface area contributed by atoms with Gasteiger partial charge in [-0.2, -0.15) is 0 Å². The van der Waals surface area contributed by atoms with Crippen LogP contribution < -0.4 is 5.32 Å². The first-order valence-corrected chi connectivity index (χ1v) is 8.47. The van der Waals surface area contributed by atoms with E-state index >= 15 is 0 Å². The van der Waals surface area contributed by atoms with Crippen molar-refractivity contribution in [2.75, 3.05) is 6.54 Å². The Morgan fingerprint density at radius 2 is 2.10 bits per heavy atom. The summed E-state index contributed by atoms with van der Waals surface area (Å²) in [5.74, 6) is -0.228.